The summed E-state index contributed by atoms with van der Waals surface area (Å²) in [5.41, 5.74) is 0.249. The molecule has 1 aromatic carbocycles. The molecule has 1 aliphatic rings. The molecule has 0 saturated carbocycles. The van der Waals surface area contributed by atoms with Crippen LogP contribution in [0.2, 0.25) is 0 Å². The molecule has 1 aliphatic heterocycles. The first-order chi connectivity index (χ1) is 10.2. The average Bonchev–Trinajstić information content (AvgIpc) is 2.76. The molecular formula is C13H11F4NO3S. The van der Waals surface area contributed by atoms with Crippen molar-refractivity contribution in [1.29, 1.82) is 0 Å². The number of nitrogens with one attached hydrogen (secondary N) is 1. The predicted molar refractivity (Wildman–Crippen MR) is 71.1 cm³/mol. The van der Waals surface area contributed by atoms with Crippen LogP contribution in [0.5, 0.6) is 0 Å². The molecule has 1 unspecified atom stereocenters. The molecule has 1 heterocycles. The Balaban J connectivity index is 2.28. The first kappa shape index (κ1) is 16.5. The monoisotopic (exact) mass is 337 g/mol. The summed E-state index contributed by atoms with van der Waals surface area (Å²) >= 11 is 0. The maximum atomic E-state index is 13.8. The van der Waals surface area contributed by atoms with Crippen molar-refractivity contribution in [3.8, 4) is 0 Å². The van der Waals surface area contributed by atoms with Crippen LogP contribution in [-0.4, -0.2) is 28.7 Å². The molecule has 0 saturated heterocycles. The number of rotatable bonds is 4. The van der Waals surface area contributed by atoms with Gasteiger partial charge in [-0.25, -0.2) is 9.18 Å². The molecule has 120 valence electrons. The first-order valence-electron chi connectivity index (χ1n) is 6.05. The van der Waals surface area contributed by atoms with Crippen molar-refractivity contribution in [2.45, 2.75) is 18.0 Å². The fourth-order valence-electron chi connectivity index (χ4n) is 1.84. The zero-order valence-corrected chi connectivity index (χ0v) is 12.1. The lowest BCUT2D eigenvalue weighted by atomic mass is 10.2. The smallest absolute Gasteiger partial charge is 0.400 e. The van der Waals surface area contributed by atoms with E-state index in [1.165, 1.54) is 6.92 Å². The summed E-state index contributed by atoms with van der Waals surface area (Å²) in [5.74, 6) is -2.84. The van der Waals surface area contributed by atoms with E-state index in [0.29, 0.717) is 0 Å². The van der Waals surface area contributed by atoms with Crippen LogP contribution >= 0.6 is 0 Å². The van der Waals surface area contributed by atoms with Crippen molar-refractivity contribution in [1.82, 2.24) is 0 Å². The molecule has 0 aromatic heterocycles. The second-order valence-electron chi connectivity index (χ2n) is 4.60. The number of benzene rings is 1. The second-order valence-corrected chi connectivity index (χ2v) is 6.02. The molecule has 2 rings (SSSR count). The topological polar surface area (TPSA) is 55.4 Å². The fourth-order valence-corrected chi connectivity index (χ4v) is 2.96. The van der Waals surface area contributed by atoms with Crippen LogP contribution < -0.4 is 5.32 Å². The Labute approximate surface area is 125 Å². The Hall–Kier alpha value is -1.90. The van der Waals surface area contributed by atoms with E-state index < -0.39 is 34.5 Å². The van der Waals surface area contributed by atoms with E-state index in [0.717, 1.165) is 18.2 Å². The average molecular weight is 337 g/mol. The van der Waals surface area contributed by atoms with Crippen LogP contribution in [0.15, 0.2) is 28.8 Å². The second kappa shape index (κ2) is 6.07. The predicted octanol–water partition coefficient (Wildman–Crippen LogP) is 2.66. The van der Waals surface area contributed by atoms with Gasteiger partial charge in [-0.1, -0.05) is 0 Å². The van der Waals surface area contributed by atoms with E-state index in [-0.39, 0.29) is 28.5 Å². The molecule has 0 radical (unpaired) electrons. The summed E-state index contributed by atoms with van der Waals surface area (Å²) in [6.45, 7) is 1.28. The molecule has 0 spiro atoms. The van der Waals surface area contributed by atoms with Crippen molar-refractivity contribution < 1.29 is 31.3 Å². The number of anilines is 1. The summed E-state index contributed by atoms with van der Waals surface area (Å²) in [4.78, 5) is 10.8. The molecule has 1 atom stereocenters. The fraction of sp³-hybridized carbons (Fsp3) is 0.308. The van der Waals surface area contributed by atoms with Gasteiger partial charge in [0.25, 0.3) is 0 Å². The zero-order valence-electron chi connectivity index (χ0n) is 11.3. The normalized spacial score (nSPS) is 16.2. The number of aryl methyl sites for hydroxylation is 1. The quantitative estimate of drug-likeness (QED) is 0.678. The van der Waals surface area contributed by atoms with Gasteiger partial charge in [0, 0.05) is 11.0 Å². The highest BCUT2D eigenvalue weighted by atomic mass is 32.2. The minimum atomic E-state index is -4.59. The number of ether oxygens (including phenoxy) is 1. The van der Waals surface area contributed by atoms with E-state index in [1.807, 2.05) is 0 Å². The van der Waals surface area contributed by atoms with Gasteiger partial charge in [-0.2, -0.15) is 13.2 Å². The zero-order chi connectivity index (χ0) is 16.5. The highest BCUT2D eigenvalue weighted by Gasteiger charge is 2.32. The van der Waals surface area contributed by atoms with Gasteiger partial charge in [0.1, 0.15) is 18.2 Å². The van der Waals surface area contributed by atoms with Crippen LogP contribution in [0, 0.1) is 12.7 Å². The van der Waals surface area contributed by atoms with Gasteiger partial charge >= 0.3 is 12.1 Å². The standard InChI is InChI=1S/C13H11F4NO3S/c1-7-2-9(14)10(18-8-3-12(19)21-5-8)4-11(7)22(20)6-13(15,16)17/h2-4,18H,5-6H2,1H3. The minimum absolute atomic E-state index is 0.0902. The van der Waals surface area contributed by atoms with Crippen LogP contribution in [0.25, 0.3) is 0 Å². The summed E-state index contributed by atoms with van der Waals surface area (Å²) in [6, 6.07) is 2.04. The van der Waals surface area contributed by atoms with Crippen LogP contribution in [0.4, 0.5) is 23.2 Å². The Morgan fingerprint density at radius 1 is 1.36 bits per heavy atom. The summed E-state index contributed by atoms with van der Waals surface area (Å²) in [6.07, 6.45) is -3.49. The van der Waals surface area contributed by atoms with Crippen molar-refractivity contribution in [3.05, 3.63) is 35.3 Å². The Morgan fingerprint density at radius 2 is 2.05 bits per heavy atom. The summed E-state index contributed by atoms with van der Waals surface area (Å²) < 4.78 is 67.2. The van der Waals surface area contributed by atoms with Crippen molar-refractivity contribution in [3.63, 3.8) is 0 Å². The molecule has 1 aromatic rings. The highest BCUT2D eigenvalue weighted by Crippen LogP contribution is 2.27. The Kier molecular flexibility index (Phi) is 4.55. The maximum Gasteiger partial charge on any atom is 0.400 e. The molecule has 0 bridgehead atoms. The van der Waals surface area contributed by atoms with E-state index in [4.69, 9.17) is 0 Å². The van der Waals surface area contributed by atoms with Crippen LogP contribution in [0.1, 0.15) is 5.56 Å². The third-order valence-corrected chi connectivity index (χ3v) is 4.28. The molecule has 4 nitrogen and oxygen atoms in total. The number of alkyl halides is 3. The highest BCUT2D eigenvalue weighted by molar-refractivity contribution is 7.85. The summed E-state index contributed by atoms with van der Waals surface area (Å²) in [5, 5.41) is 2.55. The maximum absolute atomic E-state index is 13.8. The van der Waals surface area contributed by atoms with E-state index >= 15 is 0 Å². The van der Waals surface area contributed by atoms with Gasteiger partial charge < -0.3 is 10.1 Å². The molecule has 0 amide bonds. The van der Waals surface area contributed by atoms with Crippen molar-refractivity contribution in [2.75, 3.05) is 17.7 Å². The van der Waals surface area contributed by atoms with Gasteiger partial charge in [-0.15, -0.1) is 0 Å². The van der Waals surface area contributed by atoms with E-state index in [9.17, 15) is 26.6 Å². The number of halogens is 4. The van der Waals surface area contributed by atoms with Gasteiger partial charge in [0.15, 0.2) is 0 Å². The van der Waals surface area contributed by atoms with E-state index in [2.05, 4.69) is 10.1 Å². The number of carbonyl (C=O) groups is 1. The minimum Gasteiger partial charge on any atom is -0.456 e. The van der Waals surface area contributed by atoms with Crippen LogP contribution in [-0.2, 0) is 20.3 Å². The molecule has 22 heavy (non-hydrogen) atoms. The van der Waals surface area contributed by atoms with Crippen molar-refractivity contribution >= 4 is 22.5 Å². The largest absolute Gasteiger partial charge is 0.456 e. The lowest BCUT2D eigenvalue weighted by molar-refractivity contribution is -0.134. The number of hydrogen-bond donors (Lipinski definition) is 1. The van der Waals surface area contributed by atoms with Gasteiger partial charge in [0.05, 0.1) is 22.2 Å². The Bertz CT molecular complexity index is 670. The van der Waals surface area contributed by atoms with Crippen molar-refractivity contribution in [2.24, 2.45) is 0 Å². The SMILES string of the molecule is Cc1cc(F)c(NC2=CC(=O)OC2)cc1S(=O)CC(F)(F)F. The number of carbonyl (C=O) groups excluding carboxylic acids is 1. The summed E-state index contributed by atoms with van der Waals surface area (Å²) in [7, 11) is -2.34. The molecule has 0 aliphatic carbocycles. The number of cyclic esters (lactones) is 1. The van der Waals surface area contributed by atoms with Gasteiger partial charge in [0.2, 0.25) is 0 Å². The molecule has 9 heteroatoms. The molecule has 0 fully saturated rings. The third kappa shape index (κ3) is 4.06. The Morgan fingerprint density at radius 3 is 2.59 bits per heavy atom. The lowest BCUT2D eigenvalue weighted by Crippen LogP contribution is -2.19. The molecular weight excluding hydrogens is 326 g/mol. The van der Waals surface area contributed by atoms with Gasteiger partial charge in [-0.3, -0.25) is 4.21 Å². The third-order valence-electron chi connectivity index (χ3n) is 2.76. The van der Waals surface area contributed by atoms with E-state index in [1.54, 1.807) is 0 Å². The number of esters is 1. The number of hydrogen-bond acceptors (Lipinski definition) is 4. The van der Waals surface area contributed by atoms with Crippen LogP contribution in [0.3, 0.4) is 0 Å². The first-order valence-corrected chi connectivity index (χ1v) is 7.37. The lowest BCUT2D eigenvalue weighted by Gasteiger charge is -2.13. The van der Waals surface area contributed by atoms with Gasteiger partial charge in [-0.05, 0) is 24.6 Å². The molecule has 1 N–H and O–H groups in total.